The Morgan fingerprint density at radius 1 is 1.33 bits per heavy atom. The second-order valence-electron chi connectivity index (χ2n) is 4.20. The van der Waals surface area contributed by atoms with Gasteiger partial charge < -0.3 is 16.2 Å². The average Bonchev–Trinajstić information content (AvgIpc) is 2.36. The van der Waals surface area contributed by atoms with Gasteiger partial charge in [0.2, 0.25) is 5.91 Å². The fraction of sp³-hybridized carbons (Fsp3) is 0.385. The van der Waals surface area contributed by atoms with Crippen molar-refractivity contribution in [1.82, 2.24) is 5.32 Å². The first-order chi connectivity index (χ1) is 8.50. The molecule has 0 aliphatic heterocycles. The smallest absolute Gasteiger partial charge is 0.325 e. The van der Waals surface area contributed by atoms with Crippen molar-refractivity contribution in [2.24, 2.45) is 5.73 Å². The Labute approximate surface area is 106 Å². The van der Waals surface area contributed by atoms with Crippen LogP contribution < -0.4 is 11.1 Å². The summed E-state index contributed by atoms with van der Waals surface area (Å²) in [5.41, 5.74) is 6.81. The van der Waals surface area contributed by atoms with Gasteiger partial charge in [0.15, 0.2) is 0 Å². The summed E-state index contributed by atoms with van der Waals surface area (Å²) in [6.07, 6.45) is 1.18. The van der Waals surface area contributed by atoms with Gasteiger partial charge in [-0.3, -0.25) is 9.59 Å². The maximum atomic E-state index is 11.6. The van der Waals surface area contributed by atoms with E-state index in [1.807, 2.05) is 30.3 Å². The largest absolute Gasteiger partial charge is 0.480 e. The normalized spacial score (nSPS) is 13.7. The lowest BCUT2D eigenvalue weighted by atomic mass is 10.1. The van der Waals surface area contributed by atoms with E-state index in [0.717, 1.165) is 5.56 Å². The van der Waals surface area contributed by atoms with Crippen molar-refractivity contribution in [3.05, 3.63) is 35.9 Å². The highest BCUT2D eigenvalue weighted by Gasteiger charge is 2.18. The fourth-order valence-electron chi connectivity index (χ4n) is 1.48. The summed E-state index contributed by atoms with van der Waals surface area (Å²) >= 11 is 0. The third-order valence-electron chi connectivity index (χ3n) is 2.65. The molecule has 0 aliphatic carbocycles. The number of hydrogen-bond donors (Lipinski definition) is 3. The summed E-state index contributed by atoms with van der Waals surface area (Å²) in [6.45, 7) is 1.41. The zero-order valence-corrected chi connectivity index (χ0v) is 10.3. The van der Waals surface area contributed by atoms with Crippen LogP contribution in [0.15, 0.2) is 30.3 Å². The Bertz CT molecular complexity index is 406. The Morgan fingerprint density at radius 3 is 2.50 bits per heavy atom. The third-order valence-corrected chi connectivity index (χ3v) is 2.65. The van der Waals surface area contributed by atoms with Crippen LogP contribution in [0, 0.1) is 0 Å². The molecular weight excluding hydrogens is 232 g/mol. The number of carboxylic acids is 1. The molecule has 4 N–H and O–H groups in total. The molecule has 0 heterocycles. The van der Waals surface area contributed by atoms with Crippen LogP contribution in [0.5, 0.6) is 0 Å². The van der Waals surface area contributed by atoms with Crippen molar-refractivity contribution in [3.8, 4) is 0 Å². The molecule has 0 saturated heterocycles. The number of aliphatic carboxylic acids is 1. The number of amides is 1. The van der Waals surface area contributed by atoms with Crippen molar-refractivity contribution in [2.75, 3.05) is 0 Å². The molecule has 0 aliphatic rings. The van der Waals surface area contributed by atoms with E-state index in [0.29, 0.717) is 12.8 Å². The van der Waals surface area contributed by atoms with Gasteiger partial charge in [-0.05, 0) is 25.3 Å². The molecule has 0 radical (unpaired) electrons. The molecule has 2 atom stereocenters. The molecule has 1 amide bonds. The van der Waals surface area contributed by atoms with Gasteiger partial charge >= 0.3 is 5.97 Å². The number of carboxylic acid groups (broad SMARTS) is 1. The Kier molecular flexibility index (Phi) is 5.32. The van der Waals surface area contributed by atoms with E-state index >= 15 is 0 Å². The van der Waals surface area contributed by atoms with Crippen LogP contribution in [0.4, 0.5) is 0 Å². The van der Waals surface area contributed by atoms with E-state index in [9.17, 15) is 9.59 Å². The van der Waals surface area contributed by atoms with Crippen LogP contribution in [0.1, 0.15) is 18.9 Å². The van der Waals surface area contributed by atoms with Crippen molar-refractivity contribution < 1.29 is 14.7 Å². The van der Waals surface area contributed by atoms with Gasteiger partial charge in [0.05, 0.1) is 6.04 Å². The number of nitrogens with two attached hydrogens (primary N) is 1. The molecule has 0 unspecified atom stereocenters. The van der Waals surface area contributed by atoms with E-state index in [1.165, 1.54) is 6.92 Å². The molecule has 1 aromatic carbocycles. The number of carbonyl (C=O) groups excluding carboxylic acids is 1. The quantitative estimate of drug-likeness (QED) is 0.687. The first kappa shape index (κ1) is 14.2. The second kappa shape index (κ2) is 6.76. The van der Waals surface area contributed by atoms with E-state index in [2.05, 4.69) is 5.32 Å². The molecule has 0 bridgehead atoms. The van der Waals surface area contributed by atoms with Gasteiger partial charge in [0.1, 0.15) is 6.04 Å². The van der Waals surface area contributed by atoms with Crippen molar-refractivity contribution in [1.29, 1.82) is 0 Å². The van der Waals surface area contributed by atoms with Crippen LogP contribution in [-0.4, -0.2) is 29.1 Å². The number of aryl methyl sites for hydroxylation is 1. The number of benzene rings is 1. The van der Waals surface area contributed by atoms with Crippen LogP contribution in [0.3, 0.4) is 0 Å². The lowest BCUT2D eigenvalue weighted by molar-refractivity contribution is -0.141. The monoisotopic (exact) mass is 250 g/mol. The van der Waals surface area contributed by atoms with E-state index in [-0.39, 0.29) is 0 Å². The zero-order valence-electron chi connectivity index (χ0n) is 10.3. The molecule has 1 aromatic rings. The summed E-state index contributed by atoms with van der Waals surface area (Å²) in [5.74, 6) is -1.50. The number of carbonyl (C=O) groups is 2. The van der Waals surface area contributed by atoms with Crippen molar-refractivity contribution in [3.63, 3.8) is 0 Å². The minimum atomic E-state index is -1.07. The summed E-state index contributed by atoms with van der Waals surface area (Å²) in [6, 6.07) is 8.09. The van der Waals surface area contributed by atoms with E-state index < -0.39 is 24.0 Å². The average molecular weight is 250 g/mol. The molecule has 5 nitrogen and oxygen atoms in total. The highest BCUT2D eigenvalue weighted by atomic mass is 16.4. The lowest BCUT2D eigenvalue weighted by Gasteiger charge is -2.14. The predicted molar refractivity (Wildman–Crippen MR) is 68.0 cm³/mol. The summed E-state index contributed by atoms with van der Waals surface area (Å²) in [5, 5.41) is 11.0. The van der Waals surface area contributed by atoms with Crippen LogP contribution >= 0.6 is 0 Å². The van der Waals surface area contributed by atoms with Gasteiger partial charge in [0.25, 0.3) is 0 Å². The molecule has 18 heavy (non-hydrogen) atoms. The first-order valence-electron chi connectivity index (χ1n) is 5.83. The molecule has 98 valence electrons. The maximum absolute atomic E-state index is 11.6. The summed E-state index contributed by atoms with van der Waals surface area (Å²) in [4.78, 5) is 22.2. The third kappa shape index (κ3) is 4.55. The molecule has 0 aromatic heterocycles. The Hall–Kier alpha value is -1.88. The van der Waals surface area contributed by atoms with Crippen molar-refractivity contribution in [2.45, 2.75) is 31.8 Å². The SMILES string of the molecule is C[C@@H](NC(=O)[C@@H](N)CCc1ccccc1)C(=O)O. The highest BCUT2D eigenvalue weighted by Crippen LogP contribution is 2.04. The molecule has 0 spiro atoms. The summed E-state index contributed by atoms with van der Waals surface area (Å²) in [7, 11) is 0. The molecule has 0 fully saturated rings. The van der Waals surface area contributed by atoms with Crippen LogP contribution in [0.25, 0.3) is 0 Å². The van der Waals surface area contributed by atoms with Gasteiger partial charge in [-0.15, -0.1) is 0 Å². The number of nitrogens with one attached hydrogen (secondary N) is 1. The van der Waals surface area contributed by atoms with Crippen LogP contribution in [0.2, 0.25) is 0 Å². The predicted octanol–water partition coefficient (Wildman–Crippen LogP) is 0.536. The van der Waals surface area contributed by atoms with Crippen LogP contribution in [-0.2, 0) is 16.0 Å². The van der Waals surface area contributed by atoms with Crippen molar-refractivity contribution >= 4 is 11.9 Å². The first-order valence-corrected chi connectivity index (χ1v) is 5.83. The van der Waals surface area contributed by atoms with E-state index in [1.54, 1.807) is 0 Å². The minimum absolute atomic E-state index is 0.430. The topological polar surface area (TPSA) is 92.4 Å². The van der Waals surface area contributed by atoms with E-state index in [4.69, 9.17) is 10.8 Å². The molecule has 1 rings (SSSR count). The zero-order chi connectivity index (χ0) is 13.5. The Morgan fingerprint density at radius 2 is 1.94 bits per heavy atom. The standard InChI is InChI=1S/C13H18N2O3/c1-9(13(17)18)15-12(16)11(14)8-7-10-5-3-2-4-6-10/h2-6,9,11H,7-8,14H2,1H3,(H,15,16)(H,17,18)/t9-,11+/m1/s1. The summed E-state index contributed by atoms with van der Waals surface area (Å²) < 4.78 is 0. The van der Waals surface area contributed by atoms with Gasteiger partial charge in [-0.25, -0.2) is 0 Å². The molecule has 0 saturated carbocycles. The number of rotatable bonds is 6. The second-order valence-corrected chi connectivity index (χ2v) is 4.20. The fourth-order valence-corrected chi connectivity index (χ4v) is 1.48. The van der Waals surface area contributed by atoms with Gasteiger partial charge in [-0.1, -0.05) is 30.3 Å². The van der Waals surface area contributed by atoms with Gasteiger partial charge in [0, 0.05) is 0 Å². The maximum Gasteiger partial charge on any atom is 0.325 e. The molecular formula is C13H18N2O3. The lowest BCUT2D eigenvalue weighted by Crippen LogP contribution is -2.47. The number of hydrogen-bond acceptors (Lipinski definition) is 3. The molecule has 5 heteroatoms. The minimum Gasteiger partial charge on any atom is -0.480 e. The van der Waals surface area contributed by atoms with Gasteiger partial charge in [-0.2, -0.15) is 0 Å². The Balaban J connectivity index is 2.39. The highest BCUT2D eigenvalue weighted by molar-refractivity contribution is 5.86.